The summed E-state index contributed by atoms with van der Waals surface area (Å²) in [7, 11) is 0. The molecule has 0 aliphatic rings. The number of aryl methyl sites for hydroxylation is 2. The zero-order valence-corrected chi connectivity index (χ0v) is 16.1. The van der Waals surface area contributed by atoms with Gasteiger partial charge in [-0.1, -0.05) is 49.7 Å². The van der Waals surface area contributed by atoms with Gasteiger partial charge in [0.15, 0.2) is 5.11 Å². The van der Waals surface area contributed by atoms with Crippen molar-refractivity contribution in [3.05, 3.63) is 64.7 Å². The molecule has 2 N–H and O–H groups in total. The fourth-order valence-electron chi connectivity index (χ4n) is 2.88. The van der Waals surface area contributed by atoms with E-state index in [9.17, 15) is 0 Å². The van der Waals surface area contributed by atoms with Crippen molar-refractivity contribution in [3.8, 4) is 0 Å². The van der Waals surface area contributed by atoms with E-state index in [0.29, 0.717) is 11.0 Å². The Morgan fingerprint density at radius 2 is 1.71 bits per heavy atom. The smallest absolute Gasteiger partial charge is 0.171 e. The van der Waals surface area contributed by atoms with Crippen LogP contribution in [0.4, 0.5) is 5.69 Å². The molecule has 0 spiro atoms. The first-order valence-corrected chi connectivity index (χ1v) is 9.06. The van der Waals surface area contributed by atoms with Crippen LogP contribution in [0.1, 0.15) is 61.4 Å². The average Bonchev–Trinajstić information content (AvgIpc) is 2.54. The molecule has 3 heteroatoms. The van der Waals surface area contributed by atoms with Crippen molar-refractivity contribution in [2.45, 2.75) is 53.0 Å². The highest BCUT2D eigenvalue weighted by Gasteiger charge is 2.10. The minimum atomic E-state index is 0.171. The Morgan fingerprint density at radius 1 is 1.04 bits per heavy atom. The molecule has 24 heavy (non-hydrogen) atoms. The summed E-state index contributed by atoms with van der Waals surface area (Å²) in [5.41, 5.74) is 6.23. The van der Waals surface area contributed by atoms with Crippen LogP contribution in [0, 0.1) is 13.8 Å². The molecule has 128 valence electrons. The van der Waals surface area contributed by atoms with Gasteiger partial charge in [-0.05, 0) is 74.2 Å². The highest BCUT2D eigenvalue weighted by atomic mass is 32.1. The Labute approximate surface area is 151 Å². The van der Waals surface area contributed by atoms with Crippen molar-refractivity contribution in [1.82, 2.24) is 5.32 Å². The van der Waals surface area contributed by atoms with Crippen molar-refractivity contribution in [1.29, 1.82) is 0 Å². The molecule has 0 heterocycles. The van der Waals surface area contributed by atoms with Crippen molar-refractivity contribution in [2.24, 2.45) is 0 Å². The van der Waals surface area contributed by atoms with E-state index < -0.39 is 0 Å². The third-order valence-electron chi connectivity index (χ3n) is 4.59. The van der Waals surface area contributed by atoms with Crippen molar-refractivity contribution in [3.63, 3.8) is 0 Å². The minimum Gasteiger partial charge on any atom is -0.356 e. The molecule has 2 atom stereocenters. The summed E-state index contributed by atoms with van der Waals surface area (Å²) in [6.07, 6.45) is 1.15. The lowest BCUT2D eigenvalue weighted by Crippen LogP contribution is -2.31. The summed E-state index contributed by atoms with van der Waals surface area (Å²) in [6, 6.07) is 15.2. The van der Waals surface area contributed by atoms with Gasteiger partial charge in [0.05, 0.1) is 6.04 Å². The second kappa shape index (κ2) is 8.29. The van der Waals surface area contributed by atoms with Crippen LogP contribution in [0.15, 0.2) is 42.5 Å². The molecule has 0 saturated heterocycles. The van der Waals surface area contributed by atoms with Crippen LogP contribution in [0.3, 0.4) is 0 Å². The zero-order valence-electron chi connectivity index (χ0n) is 15.3. The first-order chi connectivity index (χ1) is 11.4. The first kappa shape index (κ1) is 18.5. The van der Waals surface area contributed by atoms with Crippen molar-refractivity contribution < 1.29 is 0 Å². The maximum atomic E-state index is 5.47. The largest absolute Gasteiger partial charge is 0.356 e. The maximum Gasteiger partial charge on any atom is 0.171 e. The number of anilines is 1. The number of rotatable bonds is 5. The van der Waals surface area contributed by atoms with Gasteiger partial charge >= 0.3 is 0 Å². The summed E-state index contributed by atoms with van der Waals surface area (Å²) < 4.78 is 0. The molecule has 0 aliphatic carbocycles. The molecular formula is C21H28N2S. The molecule has 0 amide bonds. The predicted octanol–water partition coefficient (Wildman–Crippen LogP) is 5.86. The lowest BCUT2D eigenvalue weighted by atomic mass is 9.99. The van der Waals surface area contributed by atoms with Gasteiger partial charge in [0.25, 0.3) is 0 Å². The highest BCUT2D eigenvalue weighted by Crippen LogP contribution is 2.21. The number of nitrogens with one attached hydrogen (secondary N) is 2. The number of hydrogen-bond donors (Lipinski definition) is 2. The number of thiocarbonyl (C=S) groups is 1. The standard InChI is InChI=1S/C21H28N2S/c1-6-15(3)18-8-10-19(11-9-18)23-21(24)22-17(5)20-12-7-14(2)13-16(20)4/h7-13,15,17H,6H2,1-5H3,(H2,22,23,24). The molecule has 2 aromatic carbocycles. The monoisotopic (exact) mass is 340 g/mol. The van der Waals surface area contributed by atoms with E-state index in [4.69, 9.17) is 12.2 Å². The third-order valence-corrected chi connectivity index (χ3v) is 4.81. The van der Waals surface area contributed by atoms with E-state index in [2.05, 4.69) is 87.7 Å². The zero-order chi connectivity index (χ0) is 17.7. The van der Waals surface area contributed by atoms with Gasteiger partial charge in [-0.15, -0.1) is 0 Å². The van der Waals surface area contributed by atoms with E-state index in [1.165, 1.54) is 22.3 Å². The average molecular weight is 341 g/mol. The molecule has 0 aromatic heterocycles. The highest BCUT2D eigenvalue weighted by molar-refractivity contribution is 7.80. The fourth-order valence-corrected chi connectivity index (χ4v) is 3.18. The Balaban J connectivity index is 1.97. The van der Waals surface area contributed by atoms with Gasteiger partial charge in [-0.25, -0.2) is 0 Å². The lowest BCUT2D eigenvalue weighted by Gasteiger charge is -2.20. The Kier molecular flexibility index (Phi) is 6.38. The molecular weight excluding hydrogens is 312 g/mol. The summed E-state index contributed by atoms with van der Waals surface area (Å²) in [5, 5.41) is 7.30. The van der Waals surface area contributed by atoms with Gasteiger partial charge in [0, 0.05) is 5.69 Å². The van der Waals surface area contributed by atoms with E-state index in [-0.39, 0.29) is 6.04 Å². The predicted molar refractivity (Wildman–Crippen MR) is 109 cm³/mol. The maximum absolute atomic E-state index is 5.47. The molecule has 0 aliphatic heterocycles. The lowest BCUT2D eigenvalue weighted by molar-refractivity contribution is 0.717. The topological polar surface area (TPSA) is 24.1 Å². The SMILES string of the molecule is CCC(C)c1ccc(NC(=S)NC(C)c2ccc(C)cc2C)cc1. The van der Waals surface area contributed by atoms with E-state index >= 15 is 0 Å². The van der Waals surface area contributed by atoms with E-state index in [1.807, 2.05) is 0 Å². The minimum absolute atomic E-state index is 0.171. The van der Waals surface area contributed by atoms with Crippen molar-refractivity contribution >= 4 is 23.0 Å². The molecule has 2 nitrogen and oxygen atoms in total. The van der Waals surface area contributed by atoms with Crippen LogP contribution in [0.2, 0.25) is 0 Å². The van der Waals surface area contributed by atoms with Crippen LogP contribution in [-0.2, 0) is 0 Å². The van der Waals surface area contributed by atoms with Crippen molar-refractivity contribution in [2.75, 3.05) is 5.32 Å². The Bertz CT molecular complexity index is 691. The van der Waals surface area contributed by atoms with Gasteiger partial charge in [-0.2, -0.15) is 0 Å². The normalized spacial score (nSPS) is 13.2. The molecule has 2 aromatic rings. The van der Waals surface area contributed by atoms with Crippen LogP contribution in [0.25, 0.3) is 0 Å². The van der Waals surface area contributed by atoms with Gasteiger partial charge < -0.3 is 10.6 Å². The Morgan fingerprint density at radius 3 is 2.29 bits per heavy atom. The molecule has 0 radical (unpaired) electrons. The molecule has 2 unspecified atom stereocenters. The van der Waals surface area contributed by atoms with Crippen LogP contribution in [-0.4, -0.2) is 5.11 Å². The molecule has 0 fully saturated rings. The van der Waals surface area contributed by atoms with E-state index in [0.717, 1.165) is 12.1 Å². The van der Waals surface area contributed by atoms with Crippen LogP contribution >= 0.6 is 12.2 Å². The molecule has 2 rings (SSSR count). The van der Waals surface area contributed by atoms with Crippen LogP contribution < -0.4 is 10.6 Å². The quantitative estimate of drug-likeness (QED) is 0.666. The second-order valence-electron chi connectivity index (χ2n) is 6.61. The summed E-state index contributed by atoms with van der Waals surface area (Å²) in [6.45, 7) is 10.9. The third kappa shape index (κ3) is 4.81. The number of hydrogen-bond acceptors (Lipinski definition) is 1. The second-order valence-corrected chi connectivity index (χ2v) is 7.02. The first-order valence-electron chi connectivity index (χ1n) is 8.65. The summed E-state index contributed by atoms with van der Waals surface area (Å²) >= 11 is 5.47. The van der Waals surface area contributed by atoms with Gasteiger partial charge in [0.2, 0.25) is 0 Å². The van der Waals surface area contributed by atoms with Gasteiger partial charge in [-0.3, -0.25) is 0 Å². The van der Waals surface area contributed by atoms with Gasteiger partial charge in [0.1, 0.15) is 0 Å². The summed E-state index contributed by atoms with van der Waals surface area (Å²) in [5.74, 6) is 0.591. The van der Waals surface area contributed by atoms with Crippen LogP contribution in [0.5, 0.6) is 0 Å². The fraction of sp³-hybridized carbons (Fsp3) is 0.381. The van der Waals surface area contributed by atoms with E-state index in [1.54, 1.807) is 0 Å². The Hall–Kier alpha value is -1.87. The number of benzene rings is 2. The molecule has 0 bridgehead atoms. The molecule has 0 saturated carbocycles. The summed E-state index contributed by atoms with van der Waals surface area (Å²) in [4.78, 5) is 0.